The van der Waals surface area contributed by atoms with Crippen LogP contribution >= 0.6 is 0 Å². The monoisotopic (exact) mass is 385 g/mol. The minimum absolute atomic E-state index is 0.122. The number of carbonyl (C=O) groups is 1. The Morgan fingerprint density at radius 3 is 2.82 bits per heavy atom. The number of benzene rings is 1. The number of aryl methyl sites for hydroxylation is 1. The van der Waals surface area contributed by atoms with Gasteiger partial charge in [0.05, 0.1) is 13.2 Å². The Bertz CT molecular complexity index is 841. The van der Waals surface area contributed by atoms with E-state index in [1.807, 2.05) is 32.0 Å². The Kier molecular flexibility index (Phi) is 5.49. The fraction of sp³-hybridized carbons (Fsp3) is 0.591. The van der Waals surface area contributed by atoms with E-state index in [1.165, 1.54) is 25.7 Å². The van der Waals surface area contributed by atoms with Gasteiger partial charge in [-0.1, -0.05) is 12.8 Å². The first kappa shape index (κ1) is 19.1. The number of amides is 2. The van der Waals surface area contributed by atoms with Crippen LogP contribution in [0.1, 0.15) is 56.4 Å². The number of methoxy groups -OCH3 is 1. The summed E-state index contributed by atoms with van der Waals surface area (Å²) in [6, 6.07) is 6.40. The molecule has 2 aromatic rings. The second-order valence-electron chi connectivity index (χ2n) is 8.21. The lowest BCUT2D eigenvalue weighted by molar-refractivity contribution is 0.225. The molecule has 28 heavy (non-hydrogen) atoms. The van der Waals surface area contributed by atoms with Crippen LogP contribution in [0.5, 0.6) is 5.75 Å². The van der Waals surface area contributed by atoms with Crippen molar-refractivity contribution in [2.45, 2.75) is 64.1 Å². The van der Waals surface area contributed by atoms with Crippen molar-refractivity contribution >= 4 is 17.0 Å². The number of rotatable bonds is 5. The maximum atomic E-state index is 12.5. The predicted molar refractivity (Wildman–Crippen MR) is 110 cm³/mol. The Balaban J connectivity index is 1.35. The van der Waals surface area contributed by atoms with Gasteiger partial charge in [0.15, 0.2) is 0 Å². The standard InChI is InChI=1S/C22H31N3O3/c1-14-19-12-18(27-3)8-9-20(19)28-21(14)15(2)23-22(26)24-16-10-11-25(13-16)17-6-4-5-7-17/h8-9,12,15-17H,4-7,10-11,13H2,1-3H3,(H2,23,24,26). The number of ether oxygens (including phenoxy) is 1. The minimum Gasteiger partial charge on any atom is -0.497 e. The highest BCUT2D eigenvalue weighted by Crippen LogP contribution is 2.32. The Morgan fingerprint density at radius 2 is 2.07 bits per heavy atom. The molecular weight excluding hydrogens is 354 g/mol. The minimum atomic E-state index is -0.203. The second-order valence-corrected chi connectivity index (χ2v) is 8.21. The van der Waals surface area contributed by atoms with Gasteiger partial charge in [0.25, 0.3) is 0 Å². The number of carbonyl (C=O) groups excluding carboxylic acids is 1. The molecule has 0 radical (unpaired) electrons. The van der Waals surface area contributed by atoms with E-state index >= 15 is 0 Å². The van der Waals surface area contributed by atoms with E-state index in [4.69, 9.17) is 9.15 Å². The predicted octanol–water partition coefficient (Wildman–Crippen LogP) is 4.13. The summed E-state index contributed by atoms with van der Waals surface area (Å²) >= 11 is 0. The van der Waals surface area contributed by atoms with Crippen LogP contribution in [0.3, 0.4) is 0 Å². The Hall–Kier alpha value is -2.21. The van der Waals surface area contributed by atoms with E-state index in [0.717, 1.165) is 53.6 Å². The molecule has 2 fully saturated rings. The van der Waals surface area contributed by atoms with Crippen molar-refractivity contribution in [1.82, 2.24) is 15.5 Å². The topological polar surface area (TPSA) is 66.7 Å². The molecule has 1 saturated heterocycles. The number of hydrogen-bond donors (Lipinski definition) is 2. The van der Waals surface area contributed by atoms with Crippen LogP contribution in [-0.2, 0) is 0 Å². The first-order valence-electron chi connectivity index (χ1n) is 10.4. The number of nitrogens with one attached hydrogen (secondary N) is 2. The van der Waals surface area contributed by atoms with Gasteiger partial charge in [-0.2, -0.15) is 0 Å². The summed E-state index contributed by atoms with van der Waals surface area (Å²) in [6.07, 6.45) is 6.35. The molecule has 2 N–H and O–H groups in total. The van der Waals surface area contributed by atoms with Crippen LogP contribution in [-0.4, -0.2) is 43.2 Å². The van der Waals surface area contributed by atoms with E-state index in [2.05, 4.69) is 15.5 Å². The SMILES string of the molecule is COc1ccc2oc(C(C)NC(=O)NC3CCN(C4CCCC4)C3)c(C)c2c1. The summed E-state index contributed by atoms with van der Waals surface area (Å²) in [4.78, 5) is 15.1. The molecule has 2 atom stereocenters. The van der Waals surface area contributed by atoms with Gasteiger partial charge in [0.1, 0.15) is 17.1 Å². The molecule has 1 aromatic carbocycles. The van der Waals surface area contributed by atoms with Crippen molar-refractivity contribution in [2.24, 2.45) is 0 Å². The number of likely N-dealkylation sites (tertiary alicyclic amines) is 1. The van der Waals surface area contributed by atoms with Gasteiger partial charge in [0, 0.05) is 36.1 Å². The quantitative estimate of drug-likeness (QED) is 0.812. The maximum Gasteiger partial charge on any atom is 0.315 e. The van der Waals surface area contributed by atoms with Crippen molar-refractivity contribution in [3.8, 4) is 5.75 Å². The van der Waals surface area contributed by atoms with Crippen LogP contribution in [0.2, 0.25) is 0 Å². The van der Waals surface area contributed by atoms with E-state index < -0.39 is 0 Å². The first-order valence-corrected chi connectivity index (χ1v) is 10.4. The molecule has 1 aliphatic carbocycles. The molecule has 1 aromatic heterocycles. The summed E-state index contributed by atoms with van der Waals surface area (Å²) in [5, 5.41) is 7.22. The number of furan rings is 1. The summed E-state index contributed by atoms with van der Waals surface area (Å²) in [5.41, 5.74) is 1.85. The average Bonchev–Trinajstić information content (AvgIpc) is 3.41. The first-order chi connectivity index (χ1) is 13.5. The van der Waals surface area contributed by atoms with Gasteiger partial charge in [0.2, 0.25) is 0 Å². The molecule has 1 saturated carbocycles. The summed E-state index contributed by atoms with van der Waals surface area (Å²) < 4.78 is 11.3. The molecule has 1 aliphatic heterocycles. The highest BCUT2D eigenvalue weighted by Gasteiger charge is 2.31. The number of hydrogen-bond acceptors (Lipinski definition) is 4. The molecule has 2 amide bonds. The van der Waals surface area contributed by atoms with Gasteiger partial charge < -0.3 is 19.8 Å². The van der Waals surface area contributed by atoms with Crippen LogP contribution < -0.4 is 15.4 Å². The number of urea groups is 1. The normalized spacial score (nSPS) is 21.9. The second kappa shape index (κ2) is 8.03. The lowest BCUT2D eigenvalue weighted by atomic mass is 10.1. The van der Waals surface area contributed by atoms with Gasteiger partial charge in [-0.15, -0.1) is 0 Å². The third kappa shape index (κ3) is 3.83. The number of nitrogens with zero attached hydrogens (tertiary/aromatic N) is 1. The van der Waals surface area contributed by atoms with Crippen molar-refractivity contribution in [3.63, 3.8) is 0 Å². The molecule has 6 nitrogen and oxygen atoms in total. The lowest BCUT2D eigenvalue weighted by Crippen LogP contribution is -2.44. The van der Waals surface area contributed by atoms with Crippen molar-refractivity contribution in [1.29, 1.82) is 0 Å². The highest BCUT2D eigenvalue weighted by atomic mass is 16.5. The van der Waals surface area contributed by atoms with Gasteiger partial charge >= 0.3 is 6.03 Å². The molecular formula is C22H31N3O3. The summed E-state index contributed by atoms with van der Waals surface area (Å²) in [5.74, 6) is 1.59. The molecule has 2 heterocycles. The molecule has 2 aliphatic rings. The third-order valence-electron chi connectivity index (χ3n) is 6.32. The van der Waals surface area contributed by atoms with E-state index in [9.17, 15) is 4.79 Å². The Labute approximate surface area is 166 Å². The molecule has 4 rings (SSSR count). The van der Waals surface area contributed by atoms with Crippen LogP contribution in [0.25, 0.3) is 11.0 Å². The van der Waals surface area contributed by atoms with Gasteiger partial charge in [-0.25, -0.2) is 4.79 Å². The smallest absolute Gasteiger partial charge is 0.315 e. The van der Waals surface area contributed by atoms with Gasteiger partial charge in [-0.3, -0.25) is 4.90 Å². The fourth-order valence-electron chi connectivity index (χ4n) is 4.75. The van der Waals surface area contributed by atoms with Crippen molar-refractivity contribution in [2.75, 3.05) is 20.2 Å². The average molecular weight is 386 g/mol. The largest absolute Gasteiger partial charge is 0.497 e. The Morgan fingerprint density at radius 1 is 1.29 bits per heavy atom. The molecule has 2 unspecified atom stereocenters. The van der Waals surface area contributed by atoms with Crippen LogP contribution in [0.15, 0.2) is 22.6 Å². The zero-order valence-electron chi connectivity index (χ0n) is 17.1. The molecule has 0 bridgehead atoms. The third-order valence-corrected chi connectivity index (χ3v) is 6.32. The van der Waals surface area contributed by atoms with Crippen LogP contribution in [0.4, 0.5) is 4.79 Å². The molecule has 6 heteroatoms. The summed E-state index contributed by atoms with van der Waals surface area (Å²) in [7, 11) is 1.66. The highest BCUT2D eigenvalue weighted by molar-refractivity contribution is 5.84. The fourth-order valence-corrected chi connectivity index (χ4v) is 4.75. The maximum absolute atomic E-state index is 12.5. The molecule has 0 spiro atoms. The van der Waals surface area contributed by atoms with E-state index in [0.29, 0.717) is 0 Å². The molecule has 152 valence electrons. The van der Waals surface area contributed by atoms with E-state index in [1.54, 1.807) is 7.11 Å². The zero-order chi connectivity index (χ0) is 19.7. The van der Waals surface area contributed by atoms with Crippen molar-refractivity contribution < 1.29 is 13.9 Å². The van der Waals surface area contributed by atoms with Gasteiger partial charge in [-0.05, 0) is 51.3 Å². The van der Waals surface area contributed by atoms with E-state index in [-0.39, 0.29) is 18.1 Å². The van der Waals surface area contributed by atoms with Crippen LogP contribution in [0, 0.1) is 6.92 Å². The zero-order valence-corrected chi connectivity index (χ0v) is 17.1. The summed E-state index contributed by atoms with van der Waals surface area (Å²) in [6.45, 7) is 6.04. The lowest BCUT2D eigenvalue weighted by Gasteiger charge is -2.23. The van der Waals surface area contributed by atoms with Crippen molar-refractivity contribution in [3.05, 3.63) is 29.5 Å². The number of fused-ring (bicyclic) bond motifs is 1.